The molecule has 0 saturated carbocycles. The van der Waals surface area contributed by atoms with Crippen molar-refractivity contribution < 1.29 is 8.42 Å². The third-order valence-electron chi connectivity index (χ3n) is 2.71. The molecular weight excluding hydrogens is 234 g/mol. The molecule has 3 nitrogen and oxygen atoms in total. The van der Waals surface area contributed by atoms with Gasteiger partial charge in [-0.15, -0.1) is 0 Å². The zero-order valence-electron chi connectivity index (χ0n) is 10.9. The van der Waals surface area contributed by atoms with Gasteiger partial charge in [0.25, 0.3) is 0 Å². The minimum absolute atomic E-state index is 0.380. The summed E-state index contributed by atoms with van der Waals surface area (Å²) in [7, 11) is -3.09. The summed E-state index contributed by atoms with van der Waals surface area (Å²) in [5.74, 6) is 0.381. The first-order valence-corrected chi connectivity index (χ1v) is 7.73. The van der Waals surface area contributed by atoms with Crippen LogP contribution in [0.2, 0.25) is 0 Å². The lowest BCUT2D eigenvalue weighted by atomic mass is 10.0. The molecule has 1 unspecified atom stereocenters. The van der Waals surface area contributed by atoms with Crippen LogP contribution in [0, 0.1) is 0 Å². The van der Waals surface area contributed by atoms with E-state index >= 15 is 0 Å². The number of hydrogen-bond donors (Lipinski definition) is 1. The van der Waals surface area contributed by atoms with Gasteiger partial charge in [-0.2, -0.15) is 0 Å². The molecule has 0 aromatic heterocycles. The summed E-state index contributed by atoms with van der Waals surface area (Å²) in [6.45, 7) is 7.25. The van der Waals surface area contributed by atoms with Crippen molar-refractivity contribution in [2.24, 2.45) is 0 Å². The van der Waals surface area contributed by atoms with Crippen LogP contribution >= 0.6 is 0 Å². The molecule has 96 valence electrons. The average Bonchev–Trinajstić information content (AvgIpc) is 2.25. The first-order chi connectivity index (χ1) is 7.80. The van der Waals surface area contributed by atoms with Crippen LogP contribution in [0.15, 0.2) is 29.2 Å². The maximum atomic E-state index is 11.3. The zero-order chi connectivity index (χ0) is 13.1. The molecule has 0 aliphatic heterocycles. The molecule has 0 fully saturated rings. The molecule has 0 heterocycles. The number of benzene rings is 1. The second-order valence-corrected chi connectivity index (χ2v) is 6.82. The number of sulfone groups is 1. The van der Waals surface area contributed by atoms with Crippen LogP contribution in [0.1, 0.15) is 32.3 Å². The highest BCUT2D eigenvalue weighted by atomic mass is 32.2. The van der Waals surface area contributed by atoms with Crippen molar-refractivity contribution >= 4 is 9.84 Å². The summed E-state index contributed by atoms with van der Waals surface area (Å²) >= 11 is 0. The highest BCUT2D eigenvalue weighted by molar-refractivity contribution is 7.90. The minimum atomic E-state index is -3.09. The van der Waals surface area contributed by atoms with Gasteiger partial charge in [0.1, 0.15) is 0 Å². The molecular formula is C13H21NO2S. The Morgan fingerprint density at radius 2 is 1.65 bits per heavy atom. The third kappa shape index (κ3) is 4.48. The first kappa shape index (κ1) is 14.2. The molecule has 17 heavy (non-hydrogen) atoms. The highest BCUT2D eigenvalue weighted by Gasteiger charge is 2.09. The van der Waals surface area contributed by atoms with Crippen LogP contribution in [0.25, 0.3) is 0 Å². The number of hydrogen-bond acceptors (Lipinski definition) is 3. The Kier molecular flexibility index (Phi) is 4.71. The molecule has 0 amide bonds. The lowest BCUT2D eigenvalue weighted by Crippen LogP contribution is -2.26. The van der Waals surface area contributed by atoms with Crippen molar-refractivity contribution in [1.82, 2.24) is 5.32 Å². The van der Waals surface area contributed by atoms with Crippen LogP contribution < -0.4 is 5.32 Å². The fourth-order valence-corrected chi connectivity index (χ4v) is 2.20. The standard InChI is InChI=1S/C13H21NO2S/c1-10(2)14-9-11(3)12-5-7-13(8-6-12)17(4,15)16/h5-8,10-11,14H,9H2,1-4H3. The van der Waals surface area contributed by atoms with E-state index < -0.39 is 9.84 Å². The maximum absolute atomic E-state index is 11.3. The van der Waals surface area contributed by atoms with Crippen LogP contribution in [0.5, 0.6) is 0 Å². The van der Waals surface area contributed by atoms with Gasteiger partial charge < -0.3 is 5.32 Å². The quantitative estimate of drug-likeness (QED) is 0.877. The topological polar surface area (TPSA) is 46.2 Å². The Morgan fingerprint density at radius 3 is 2.06 bits per heavy atom. The molecule has 0 spiro atoms. The van der Waals surface area contributed by atoms with E-state index in [0.717, 1.165) is 12.1 Å². The van der Waals surface area contributed by atoms with Gasteiger partial charge in [-0.05, 0) is 23.6 Å². The van der Waals surface area contributed by atoms with Gasteiger partial charge in [-0.1, -0.05) is 32.9 Å². The van der Waals surface area contributed by atoms with Crippen molar-refractivity contribution in [2.75, 3.05) is 12.8 Å². The van der Waals surface area contributed by atoms with Gasteiger partial charge in [0.2, 0.25) is 0 Å². The molecule has 0 aliphatic carbocycles. The van der Waals surface area contributed by atoms with E-state index in [9.17, 15) is 8.42 Å². The molecule has 0 radical (unpaired) electrons. The summed E-state index contributed by atoms with van der Waals surface area (Å²) in [6.07, 6.45) is 1.23. The first-order valence-electron chi connectivity index (χ1n) is 5.84. The van der Waals surface area contributed by atoms with E-state index in [1.165, 1.54) is 6.26 Å². The van der Waals surface area contributed by atoms with Crippen molar-refractivity contribution in [2.45, 2.75) is 37.6 Å². The maximum Gasteiger partial charge on any atom is 0.175 e. The smallest absolute Gasteiger partial charge is 0.175 e. The molecule has 1 aromatic carbocycles. The second-order valence-electron chi connectivity index (χ2n) is 4.81. The minimum Gasteiger partial charge on any atom is -0.314 e. The van der Waals surface area contributed by atoms with Crippen molar-refractivity contribution in [1.29, 1.82) is 0 Å². The normalized spacial score (nSPS) is 13.9. The lowest BCUT2D eigenvalue weighted by molar-refractivity contribution is 0.548. The Morgan fingerprint density at radius 1 is 1.12 bits per heavy atom. The molecule has 0 bridgehead atoms. The molecule has 0 aliphatic rings. The van der Waals surface area contributed by atoms with E-state index in [2.05, 4.69) is 26.1 Å². The summed E-state index contributed by atoms with van der Waals surface area (Å²) in [5, 5.41) is 3.37. The summed E-state index contributed by atoms with van der Waals surface area (Å²) in [5.41, 5.74) is 1.16. The Labute approximate surface area is 104 Å². The molecule has 4 heteroatoms. The monoisotopic (exact) mass is 255 g/mol. The van der Waals surface area contributed by atoms with Crippen LogP contribution in [-0.4, -0.2) is 27.3 Å². The van der Waals surface area contributed by atoms with Gasteiger partial charge >= 0.3 is 0 Å². The van der Waals surface area contributed by atoms with Gasteiger partial charge in [0.15, 0.2) is 9.84 Å². The van der Waals surface area contributed by atoms with E-state index in [4.69, 9.17) is 0 Å². The Bertz CT molecular complexity index is 449. The summed E-state index contributed by atoms with van der Waals surface area (Å²) < 4.78 is 22.6. The summed E-state index contributed by atoms with van der Waals surface area (Å²) in [4.78, 5) is 0.380. The lowest BCUT2D eigenvalue weighted by Gasteiger charge is -2.15. The van der Waals surface area contributed by atoms with Crippen molar-refractivity contribution in [3.63, 3.8) is 0 Å². The largest absolute Gasteiger partial charge is 0.314 e. The van der Waals surface area contributed by atoms with Crippen LogP contribution in [-0.2, 0) is 9.84 Å². The van der Waals surface area contributed by atoms with Gasteiger partial charge in [0.05, 0.1) is 4.90 Å². The molecule has 0 saturated heterocycles. The molecule has 1 atom stereocenters. The highest BCUT2D eigenvalue weighted by Crippen LogP contribution is 2.17. The summed E-state index contributed by atoms with van der Waals surface area (Å²) in [6, 6.07) is 7.60. The Hall–Kier alpha value is -0.870. The van der Waals surface area contributed by atoms with Crippen LogP contribution in [0.3, 0.4) is 0 Å². The van der Waals surface area contributed by atoms with Crippen molar-refractivity contribution in [3.05, 3.63) is 29.8 Å². The third-order valence-corrected chi connectivity index (χ3v) is 3.84. The average molecular weight is 255 g/mol. The van der Waals surface area contributed by atoms with Gasteiger partial charge in [0, 0.05) is 18.8 Å². The van der Waals surface area contributed by atoms with E-state index in [-0.39, 0.29) is 0 Å². The second kappa shape index (κ2) is 5.65. The van der Waals surface area contributed by atoms with Gasteiger partial charge in [-0.25, -0.2) is 8.42 Å². The molecule has 1 N–H and O–H groups in total. The predicted octanol–water partition coefficient (Wildman–Crippen LogP) is 2.19. The Balaban J connectivity index is 2.74. The number of rotatable bonds is 5. The van der Waals surface area contributed by atoms with E-state index in [1.807, 2.05) is 12.1 Å². The van der Waals surface area contributed by atoms with Gasteiger partial charge in [-0.3, -0.25) is 0 Å². The number of nitrogens with one attached hydrogen (secondary N) is 1. The molecule has 1 rings (SSSR count). The van der Waals surface area contributed by atoms with E-state index in [1.54, 1.807) is 12.1 Å². The fourth-order valence-electron chi connectivity index (χ4n) is 1.57. The fraction of sp³-hybridized carbons (Fsp3) is 0.538. The van der Waals surface area contributed by atoms with Crippen molar-refractivity contribution in [3.8, 4) is 0 Å². The van der Waals surface area contributed by atoms with Crippen LogP contribution in [0.4, 0.5) is 0 Å². The molecule has 1 aromatic rings. The van der Waals surface area contributed by atoms with E-state index in [0.29, 0.717) is 16.9 Å². The zero-order valence-corrected chi connectivity index (χ0v) is 11.7. The SMILES string of the molecule is CC(C)NCC(C)c1ccc(S(C)(=O)=O)cc1. The predicted molar refractivity (Wildman–Crippen MR) is 71.1 cm³/mol.